The second-order valence-electron chi connectivity index (χ2n) is 2.67. The third-order valence-electron chi connectivity index (χ3n) is 2.07. The molecule has 1 rings (SSSR count). The zero-order valence-corrected chi connectivity index (χ0v) is 7.47. The van der Waals surface area contributed by atoms with Gasteiger partial charge in [0.1, 0.15) is 5.75 Å². The predicted octanol–water partition coefficient (Wildman–Crippen LogP) is 1.77. The van der Waals surface area contributed by atoms with Gasteiger partial charge in [0.05, 0.1) is 7.11 Å². The van der Waals surface area contributed by atoms with Gasteiger partial charge in [0.2, 0.25) is 6.29 Å². The lowest BCUT2D eigenvalue weighted by atomic mass is 10.0. The molecule has 0 bridgehead atoms. The smallest absolute Gasteiger partial charge is 0.233 e. The number of hydrogen-bond acceptors (Lipinski definition) is 2. The van der Waals surface area contributed by atoms with Crippen LogP contribution in [0.4, 0.5) is 0 Å². The van der Waals surface area contributed by atoms with E-state index in [1.54, 1.807) is 19.2 Å². The minimum absolute atomic E-state index is 0.605. The summed E-state index contributed by atoms with van der Waals surface area (Å²) in [7, 11) is 1.62. The monoisotopic (exact) mass is 163 g/mol. The summed E-state index contributed by atoms with van der Waals surface area (Å²) in [6, 6.07) is 3.50. The topological polar surface area (TPSA) is 26.3 Å². The van der Waals surface area contributed by atoms with Gasteiger partial charge < -0.3 is 4.74 Å². The maximum atomic E-state index is 10.4. The molecule has 0 N–H and O–H groups in total. The first-order chi connectivity index (χ1) is 5.70. The first kappa shape index (κ1) is 8.78. The quantitative estimate of drug-likeness (QED) is 0.664. The Morgan fingerprint density at radius 2 is 1.92 bits per heavy atom. The van der Waals surface area contributed by atoms with Gasteiger partial charge in [-0.3, -0.25) is 4.79 Å². The Labute approximate surface area is 72.2 Å². The summed E-state index contributed by atoms with van der Waals surface area (Å²) < 4.78 is 5.10. The van der Waals surface area contributed by atoms with Gasteiger partial charge in [-0.15, -0.1) is 0 Å². The van der Waals surface area contributed by atoms with Crippen molar-refractivity contribution in [2.75, 3.05) is 7.11 Å². The summed E-state index contributed by atoms with van der Waals surface area (Å²) in [6.07, 6.45) is 1.88. The number of benzene rings is 1. The van der Waals surface area contributed by atoms with Crippen LogP contribution in [-0.2, 0) is 4.79 Å². The van der Waals surface area contributed by atoms with Crippen molar-refractivity contribution < 1.29 is 9.53 Å². The molecule has 0 heterocycles. The first-order valence-corrected chi connectivity index (χ1v) is 3.73. The molecule has 2 nitrogen and oxygen atoms in total. The van der Waals surface area contributed by atoms with E-state index in [4.69, 9.17) is 4.74 Å². The fraction of sp³-hybridized carbons (Fsp3) is 0.300. The predicted molar refractivity (Wildman–Crippen MR) is 47.3 cm³/mol. The highest BCUT2D eigenvalue weighted by Gasteiger charge is 2.05. The summed E-state index contributed by atoms with van der Waals surface area (Å²) in [5, 5.41) is 0. The second kappa shape index (κ2) is 3.39. The summed E-state index contributed by atoms with van der Waals surface area (Å²) in [5.74, 6) is 0.812. The van der Waals surface area contributed by atoms with Crippen LogP contribution < -0.4 is 4.74 Å². The first-order valence-electron chi connectivity index (χ1n) is 3.73. The van der Waals surface area contributed by atoms with Crippen molar-refractivity contribution in [3.8, 4) is 5.75 Å². The Balaban J connectivity index is 3.29. The number of hydrogen-bond donors (Lipinski definition) is 0. The maximum Gasteiger partial charge on any atom is 0.233 e. The number of methoxy groups -OCH3 is 1. The van der Waals surface area contributed by atoms with Crippen LogP contribution in [0, 0.1) is 13.8 Å². The van der Waals surface area contributed by atoms with Crippen molar-refractivity contribution >= 4 is 6.29 Å². The van der Waals surface area contributed by atoms with Gasteiger partial charge in [-0.2, -0.15) is 0 Å². The van der Waals surface area contributed by atoms with Crippen molar-refractivity contribution in [2.24, 2.45) is 0 Å². The van der Waals surface area contributed by atoms with E-state index in [0.29, 0.717) is 5.56 Å². The van der Waals surface area contributed by atoms with E-state index in [-0.39, 0.29) is 0 Å². The Kier molecular flexibility index (Phi) is 2.48. The van der Waals surface area contributed by atoms with E-state index >= 15 is 0 Å². The number of rotatable bonds is 2. The summed E-state index contributed by atoms with van der Waals surface area (Å²) in [6.45, 7) is 3.81. The highest BCUT2D eigenvalue weighted by atomic mass is 16.5. The minimum Gasteiger partial charge on any atom is -0.496 e. The Morgan fingerprint density at radius 1 is 1.25 bits per heavy atom. The van der Waals surface area contributed by atoms with E-state index in [1.807, 2.05) is 20.1 Å². The van der Waals surface area contributed by atoms with Gasteiger partial charge in [-0.25, -0.2) is 0 Å². The summed E-state index contributed by atoms with van der Waals surface area (Å²) in [4.78, 5) is 10.4. The van der Waals surface area contributed by atoms with Gasteiger partial charge in [-0.1, -0.05) is 0 Å². The fourth-order valence-corrected chi connectivity index (χ4v) is 1.13. The molecular formula is C10H11O2. The molecule has 0 amide bonds. The van der Waals surface area contributed by atoms with Crippen molar-refractivity contribution in [1.29, 1.82) is 0 Å². The third kappa shape index (κ3) is 1.33. The van der Waals surface area contributed by atoms with Gasteiger partial charge in [0.25, 0.3) is 0 Å². The van der Waals surface area contributed by atoms with E-state index in [2.05, 4.69) is 0 Å². The number of carbonyl (C=O) groups excluding carboxylic acids is 1. The van der Waals surface area contributed by atoms with E-state index in [0.717, 1.165) is 16.9 Å². The van der Waals surface area contributed by atoms with E-state index < -0.39 is 0 Å². The van der Waals surface area contributed by atoms with Crippen LogP contribution in [0.3, 0.4) is 0 Å². The lowest BCUT2D eigenvalue weighted by Crippen LogP contribution is -1.94. The zero-order valence-electron chi connectivity index (χ0n) is 7.47. The molecule has 1 aromatic rings. The van der Waals surface area contributed by atoms with Crippen LogP contribution in [0.1, 0.15) is 16.7 Å². The van der Waals surface area contributed by atoms with Crippen molar-refractivity contribution in [1.82, 2.24) is 0 Å². The Morgan fingerprint density at radius 3 is 2.42 bits per heavy atom. The molecule has 0 saturated heterocycles. The van der Waals surface area contributed by atoms with Crippen LogP contribution in [0.5, 0.6) is 5.75 Å². The van der Waals surface area contributed by atoms with Crippen molar-refractivity contribution in [3.05, 3.63) is 28.8 Å². The lowest BCUT2D eigenvalue weighted by molar-refractivity contribution is 0.411. The standard InChI is InChI=1S/C10H11O2/c1-7-8(2)10(12-3)5-4-9(7)6-11/h4-5H,1-3H3. The molecule has 0 unspecified atom stereocenters. The molecule has 0 saturated carbocycles. The van der Waals surface area contributed by atoms with Crippen LogP contribution in [0.15, 0.2) is 12.1 Å². The lowest BCUT2D eigenvalue weighted by Gasteiger charge is -2.07. The SMILES string of the molecule is COc1ccc([C]=O)c(C)c1C. The molecule has 12 heavy (non-hydrogen) atoms. The summed E-state index contributed by atoms with van der Waals surface area (Å²) in [5.41, 5.74) is 2.54. The second-order valence-corrected chi connectivity index (χ2v) is 2.67. The van der Waals surface area contributed by atoms with E-state index in [9.17, 15) is 4.79 Å². The zero-order chi connectivity index (χ0) is 9.14. The molecule has 0 aromatic heterocycles. The van der Waals surface area contributed by atoms with Crippen molar-refractivity contribution in [2.45, 2.75) is 13.8 Å². The fourth-order valence-electron chi connectivity index (χ4n) is 1.13. The third-order valence-corrected chi connectivity index (χ3v) is 2.07. The normalized spacial score (nSPS) is 9.58. The molecule has 0 spiro atoms. The van der Waals surface area contributed by atoms with Crippen LogP contribution >= 0.6 is 0 Å². The van der Waals surface area contributed by atoms with Crippen LogP contribution in [0.2, 0.25) is 0 Å². The van der Waals surface area contributed by atoms with Crippen LogP contribution in [-0.4, -0.2) is 13.4 Å². The largest absolute Gasteiger partial charge is 0.496 e. The average Bonchev–Trinajstić information content (AvgIpc) is 2.10. The van der Waals surface area contributed by atoms with Gasteiger partial charge in [-0.05, 0) is 37.1 Å². The molecule has 0 aliphatic carbocycles. The van der Waals surface area contributed by atoms with Crippen LogP contribution in [0.25, 0.3) is 0 Å². The molecule has 0 aliphatic rings. The van der Waals surface area contributed by atoms with Gasteiger partial charge >= 0.3 is 0 Å². The molecule has 2 heteroatoms. The molecule has 0 fully saturated rings. The highest BCUT2D eigenvalue weighted by molar-refractivity contribution is 5.78. The van der Waals surface area contributed by atoms with Gasteiger partial charge in [0.15, 0.2) is 0 Å². The molecular weight excluding hydrogens is 152 g/mol. The molecule has 1 aromatic carbocycles. The Hall–Kier alpha value is -1.31. The highest BCUT2D eigenvalue weighted by Crippen LogP contribution is 2.22. The molecule has 0 atom stereocenters. The molecule has 0 aliphatic heterocycles. The van der Waals surface area contributed by atoms with Crippen molar-refractivity contribution in [3.63, 3.8) is 0 Å². The Bertz CT molecular complexity index is 303. The summed E-state index contributed by atoms with van der Waals surface area (Å²) >= 11 is 0. The van der Waals surface area contributed by atoms with E-state index in [1.165, 1.54) is 0 Å². The average molecular weight is 163 g/mol. The number of ether oxygens (including phenoxy) is 1. The van der Waals surface area contributed by atoms with Gasteiger partial charge in [0, 0.05) is 5.56 Å². The minimum atomic E-state index is 0.605. The maximum absolute atomic E-state index is 10.4. The molecule has 63 valence electrons. The molecule has 1 radical (unpaired) electrons.